The summed E-state index contributed by atoms with van der Waals surface area (Å²) >= 11 is 0. The van der Waals surface area contributed by atoms with Gasteiger partial charge in [0, 0.05) is 0 Å². The van der Waals surface area contributed by atoms with Gasteiger partial charge < -0.3 is 5.11 Å². The number of aliphatic imine (C=N–C) groups is 1. The molecule has 0 N–H and O–H groups in total. The van der Waals surface area contributed by atoms with Crippen molar-refractivity contribution in [1.82, 2.24) is 0 Å². The molecule has 0 fully saturated rings. The lowest BCUT2D eigenvalue weighted by molar-refractivity contribution is -0.207. The second-order valence-corrected chi connectivity index (χ2v) is 3.60. The van der Waals surface area contributed by atoms with E-state index in [0.29, 0.717) is 0 Å². The highest BCUT2D eigenvalue weighted by Gasteiger charge is 2.12. The average molecular weight is 142 g/mol. The number of nitrogens with zero attached hydrogens (tertiary/aromatic N) is 1. The maximum atomic E-state index is 10.7. The lowest BCUT2D eigenvalue weighted by Gasteiger charge is -2.23. The van der Waals surface area contributed by atoms with Gasteiger partial charge in [0.05, 0.1) is 5.54 Å². The van der Waals surface area contributed by atoms with Crippen LogP contribution in [0, 0.1) is 0 Å². The first-order chi connectivity index (χ1) is 4.10. The Morgan fingerprint density at radius 2 is 2.33 bits per heavy atom. The van der Waals surface area contributed by atoms with Gasteiger partial charge in [0.2, 0.25) is 0 Å². The van der Waals surface area contributed by atoms with E-state index in [2.05, 4.69) is 4.99 Å². The summed E-state index contributed by atoms with van der Waals surface area (Å²) in [5, 5.41) is 10.7. The van der Waals surface area contributed by atoms with E-state index in [0.717, 1.165) is 0 Å². The molecule has 0 bridgehead atoms. The summed E-state index contributed by atoms with van der Waals surface area (Å²) in [6, 6.07) is 0. The van der Waals surface area contributed by atoms with Crippen LogP contribution < -0.4 is 5.11 Å². The molecule has 1 aliphatic rings. The van der Waals surface area contributed by atoms with E-state index >= 15 is 0 Å². The third kappa shape index (κ3) is 1.79. The highest BCUT2D eigenvalue weighted by Crippen LogP contribution is 2.24. The summed E-state index contributed by atoms with van der Waals surface area (Å²) in [6.45, 7) is 3.84. The molecule has 0 aromatic rings. The van der Waals surface area contributed by atoms with E-state index < -0.39 is 0 Å². The first-order valence-corrected chi connectivity index (χ1v) is 3.89. The van der Waals surface area contributed by atoms with Crippen LogP contribution in [0.3, 0.4) is 0 Å². The predicted octanol–water partition coefficient (Wildman–Crippen LogP) is 0.687. The zero-order valence-electron chi connectivity index (χ0n) is 5.51. The number of hydrogen-bond donors (Lipinski definition) is 0. The third-order valence-corrected chi connectivity index (χ3v) is 1.78. The topological polar surface area (TPSA) is 35.4 Å². The summed E-state index contributed by atoms with van der Waals surface area (Å²) in [5.41, 5.74) is -0.231. The van der Waals surface area contributed by atoms with Gasteiger partial charge in [-0.1, -0.05) is 20.5 Å². The molecule has 2 nitrogen and oxygen atoms in total. The van der Waals surface area contributed by atoms with E-state index in [1.54, 1.807) is 0 Å². The minimum atomic E-state index is -0.248. The van der Waals surface area contributed by atoms with Gasteiger partial charge in [0.1, 0.15) is 0 Å². The molecule has 0 aliphatic carbocycles. The van der Waals surface area contributed by atoms with Crippen molar-refractivity contribution >= 4 is 14.2 Å². The summed E-state index contributed by atoms with van der Waals surface area (Å²) < 4.78 is 0. The van der Waals surface area contributed by atoms with Gasteiger partial charge in [-0.25, -0.2) is 0 Å². The Labute approximate surface area is 56.5 Å². The summed E-state index contributed by atoms with van der Waals surface area (Å²) in [4.78, 5) is 3.90. The number of rotatable bonds is 0. The van der Waals surface area contributed by atoms with E-state index in [1.165, 1.54) is 0 Å². The van der Waals surface area contributed by atoms with Crippen LogP contribution >= 0.6 is 8.58 Å². The van der Waals surface area contributed by atoms with Crippen molar-refractivity contribution < 1.29 is 5.11 Å². The molecule has 1 heterocycles. The van der Waals surface area contributed by atoms with Crippen LogP contribution in [0.15, 0.2) is 16.9 Å². The molecule has 0 amide bonds. The minimum Gasteiger partial charge on any atom is -0.859 e. The van der Waals surface area contributed by atoms with Crippen molar-refractivity contribution in [3.8, 4) is 0 Å². The van der Waals surface area contributed by atoms with Gasteiger partial charge >= 0.3 is 0 Å². The van der Waals surface area contributed by atoms with Crippen LogP contribution in [-0.2, 0) is 0 Å². The molecule has 9 heavy (non-hydrogen) atoms. The van der Waals surface area contributed by atoms with Crippen LogP contribution in [0.25, 0.3) is 0 Å². The fourth-order valence-corrected chi connectivity index (χ4v) is 1.63. The zero-order valence-corrected chi connectivity index (χ0v) is 6.51. The second kappa shape index (κ2) is 2.11. The molecule has 0 radical (unpaired) electrons. The molecule has 0 aromatic carbocycles. The molecule has 1 unspecified atom stereocenters. The Balaban J connectivity index is 2.78. The van der Waals surface area contributed by atoms with Crippen LogP contribution in [0.2, 0.25) is 0 Å². The summed E-state index contributed by atoms with van der Waals surface area (Å²) in [5.74, 6) is 1.90. The Morgan fingerprint density at radius 1 is 1.67 bits per heavy atom. The van der Waals surface area contributed by atoms with E-state index in [1.807, 2.05) is 25.7 Å². The van der Waals surface area contributed by atoms with Gasteiger partial charge in [0.15, 0.2) is 0 Å². The van der Waals surface area contributed by atoms with Crippen LogP contribution in [0.5, 0.6) is 0 Å². The average Bonchev–Trinajstić information content (AvgIpc) is 1.60. The Hall–Kier alpha value is -0.360. The van der Waals surface area contributed by atoms with Crippen LogP contribution in [-0.4, -0.2) is 11.2 Å². The van der Waals surface area contributed by atoms with Crippen molar-refractivity contribution in [3.63, 3.8) is 0 Å². The third-order valence-electron chi connectivity index (χ3n) is 1.09. The molecular formula is C6H9NOP-. The molecule has 0 saturated heterocycles. The van der Waals surface area contributed by atoms with Gasteiger partial charge in [-0.05, 0) is 19.5 Å². The second-order valence-electron chi connectivity index (χ2n) is 2.55. The van der Waals surface area contributed by atoms with Gasteiger partial charge in [0.25, 0.3) is 0 Å². The molecular weight excluding hydrogens is 133 g/mol. The Bertz CT molecular complexity index is 172. The van der Waals surface area contributed by atoms with Gasteiger partial charge in [-0.2, -0.15) is 0 Å². The van der Waals surface area contributed by atoms with Crippen LogP contribution in [0.1, 0.15) is 13.8 Å². The molecule has 3 heteroatoms. The lowest BCUT2D eigenvalue weighted by Crippen LogP contribution is -2.23. The number of hydrogen-bond acceptors (Lipinski definition) is 2. The first kappa shape index (κ1) is 6.76. The largest absolute Gasteiger partial charge is 0.859 e. The van der Waals surface area contributed by atoms with Crippen molar-refractivity contribution in [2.75, 3.05) is 0 Å². The molecule has 0 aromatic heterocycles. The van der Waals surface area contributed by atoms with Crippen molar-refractivity contribution in [2.45, 2.75) is 19.4 Å². The smallest absolute Gasteiger partial charge is 0.0728 e. The standard InChI is InChI=1S/C6H10NOP/c1-6(2)3-4-9-5(8)7-6/h3-4,9H,1-2H3,(H,7,8)/p-1. The Kier molecular flexibility index (Phi) is 1.58. The summed E-state index contributed by atoms with van der Waals surface area (Å²) in [6.07, 6.45) is 1.97. The molecule has 50 valence electrons. The zero-order chi connectivity index (χ0) is 6.91. The van der Waals surface area contributed by atoms with E-state index in [4.69, 9.17) is 0 Å². The highest BCUT2D eigenvalue weighted by molar-refractivity contribution is 7.60. The van der Waals surface area contributed by atoms with Gasteiger partial charge in [-0.15, -0.1) is 0 Å². The fraction of sp³-hybridized carbons (Fsp3) is 0.500. The quantitative estimate of drug-likeness (QED) is 0.458. The Morgan fingerprint density at radius 3 is 2.67 bits per heavy atom. The maximum Gasteiger partial charge on any atom is 0.0728 e. The van der Waals surface area contributed by atoms with E-state index in [-0.39, 0.29) is 19.8 Å². The summed E-state index contributed by atoms with van der Waals surface area (Å²) in [7, 11) is 0.256. The first-order valence-electron chi connectivity index (χ1n) is 2.81. The van der Waals surface area contributed by atoms with Crippen molar-refractivity contribution in [2.24, 2.45) is 4.99 Å². The highest BCUT2D eigenvalue weighted by atomic mass is 31.1. The predicted molar refractivity (Wildman–Crippen MR) is 39.0 cm³/mol. The van der Waals surface area contributed by atoms with Gasteiger partial charge in [-0.3, -0.25) is 4.99 Å². The lowest BCUT2D eigenvalue weighted by atomic mass is 10.1. The molecule has 0 saturated carbocycles. The van der Waals surface area contributed by atoms with E-state index in [9.17, 15) is 5.11 Å². The SMILES string of the molecule is CC1(C)C=CPC([O-])=N1. The van der Waals surface area contributed by atoms with Crippen molar-refractivity contribution in [3.05, 3.63) is 11.9 Å². The normalized spacial score (nSPS) is 26.2. The van der Waals surface area contributed by atoms with Crippen molar-refractivity contribution in [1.29, 1.82) is 0 Å². The minimum absolute atomic E-state index is 0.0162. The maximum absolute atomic E-state index is 10.7. The molecule has 0 spiro atoms. The molecule has 1 rings (SSSR count). The molecule has 1 aliphatic heterocycles. The molecule has 1 atom stereocenters. The van der Waals surface area contributed by atoms with Crippen LogP contribution in [0.4, 0.5) is 0 Å². The fourth-order valence-electron chi connectivity index (χ4n) is 0.648. The monoisotopic (exact) mass is 142 g/mol.